The lowest BCUT2D eigenvalue weighted by atomic mass is 10.1. The molecular formula is C13H16N4O4. The highest BCUT2D eigenvalue weighted by molar-refractivity contribution is 6.06. The number of nitrogen functional groups attached to an aromatic ring is 1. The van der Waals surface area contributed by atoms with Crippen LogP contribution in [0.5, 0.6) is 0 Å². The van der Waals surface area contributed by atoms with Gasteiger partial charge in [-0.3, -0.25) is 14.9 Å². The van der Waals surface area contributed by atoms with E-state index in [9.17, 15) is 14.4 Å². The summed E-state index contributed by atoms with van der Waals surface area (Å²) in [5.41, 5.74) is 6.05. The molecule has 0 bridgehead atoms. The van der Waals surface area contributed by atoms with Crippen molar-refractivity contribution < 1.29 is 19.1 Å². The number of nitrogens with zero attached hydrogens (tertiary/aromatic N) is 2. The molecule has 1 aromatic rings. The molecule has 1 aliphatic rings. The highest BCUT2D eigenvalue weighted by Gasteiger charge is 2.35. The highest BCUT2D eigenvalue weighted by atomic mass is 16.5. The van der Waals surface area contributed by atoms with E-state index >= 15 is 0 Å². The van der Waals surface area contributed by atoms with Gasteiger partial charge in [-0.2, -0.15) is 0 Å². The van der Waals surface area contributed by atoms with Gasteiger partial charge in [-0.15, -0.1) is 0 Å². The van der Waals surface area contributed by atoms with Gasteiger partial charge >= 0.3 is 5.97 Å². The van der Waals surface area contributed by atoms with Crippen LogP contribution in [0, 0.1) is 0 Å². The Bertz CT molecular complexity index is 602. The van der Waals surface area contributed by atoms with Crippen molar-refractivity contribution in [2.45, 2.75) is 19.4 Å². The molecule has 1 aromatic heterocycles. The first kappa shape index (κ1) is 14.8. The van der Waals surface area contributed by atoms with E-state index in [1.165, 1.54) is 24.3 Å². The molecule has 2 amide bonds. The number of carbonyl (C=O) groups excluding carboxylic acids is 3. The number of hydrogen-bond donors (Lipinski definition) is 2. The Hall–Kier alpha value is -2.64. The number of nitrogens with two attached hydrogens (primary N) is 1. The number of amides is 2. The van der Waals surface area contributed by atoms with Crippen LogP contribution in [0.2, 0.25) is 0 Å². The number of esters is 1. The van der Waals surface area contributed by atoms with Gasteiger partial charge in [-0.1, -0.05) is 6.92 Å². The van der Waals surface area contributed by atoms with E-state index in [0.29, 0.717) is 12.1 Å². The molecule has 0 saturated carbocycles. The van der Waals surface area contributed by atoms with Crippen molar-refractivity contribution in [3.8, 4) is 0 Å². The number of carbonyl (C=O) groups is 3. The Balaban J connectivity index is 2.50. The van der Waals surface area contributed by atoms with Gasteiger partial charge in [0, 0.05) is 0 Å². The van der Waals surface area contributed by atoms with E-state index in [-0.39, 0.29) is 17.9 Å². The Morgan fingerprint density at radius 2 is 2.29 bits per heavy atom. The van der Waals surface area contributed by atoms with Crippen molar-refractivity contribution in [3.63, 3.8) is 0 Å². The second-order valence-corrected chi connectivity index (χ2v) is 4.60. The van der Waals surface area contributed by atoms with Gasteiger partial charge < -0.3 is 15.4 Å². The minimum Gasteiger partial charge on any atom is -0.465 e. The minimum atomic E-state index is -0.627. The molecule has 0 aromatic carbocycles. The fraction of sp³-hybridized carbons (Fsp3) is 0.385. The summed E-state index contributed by atoms with van der Waals surface area (Å²) in [7, 11) is 1.24. The van der Waals surface area contributed by atoms with Crippen molar-refractivity contribution in [2.75, 3.05) is 24.3 Å². The summed E-state index contributed by atoms with van der Waals surface area (Å²) in [5, 5.41) is 2.27. The molecule has 8 heteroatoms. The molecule has 0 aliphatic carbocycles. The Kier molecular flexibility index (Phi) is 4.06. The van der Waals surface area contributed by atoms with Gasteiger partial charge in [0.1, 0.15) is 17.4 Å². The standard InChI is InChI=1S/C13H16N4O4/c1-3-9-12(19)16-10(18)6-17(9)11-8(13(20)21-2)4-7(14)5-15-11/h4-5,9H,3,6,14H2,1-2H3,(H,16,18,19). The van der Waals surface area contributed by atoms with Crippen molar-refractivity contribution in [1.29, 1.82) is 0 Å². The summed E-state index contributed by atoms with van der Waals surface area (Å²) in [6.45, 7) is 1.74. The molecule has 8 nitrogen and oxygen atoms in total. The molecule has 1 atom stereocenters. The first-order chi connectivity index (χ1) is 9.97. The predicted molar refractivity (Wildman–Crippen MR) is 74.6 cm³/mol. The van der Waals surface area contributed by atoms with Crippen LogP contribution in [0.25, 0.3) is 0 Å². The monoisotopic (exact) mass is 292 g/mol. The van der Waals surface area contributed by atoms with Gasteiger partial charge in [-0.25, -0.2) is 9.78 Å². The molecule has 2 rings (SSSR count). The molecule has 112 valence electrons. The van der Waals surface area contributed by atoms with E-state index in [1.807, 2.05) is 6.92 Å². The average Bonchev–Trinajstić information content (AvgIpc) is 2.45. The van der Waals surface area contributed by atoms with E-state index in [0.717, 1.165) is 0 Å². The molecule has 3 N–H and O–H groups in total. The van der Waals surface area contributed by atoms with Crippen LogP contribution in [0.15, 0.2) is 12.3 Å². The van der Waals surface area contributed by atoms with Crippen LogP contribution in [-0.2, 0) is 14.3 Å². The fourth-order valence-electron chi connectivity index (χ4n) is 2.26. The molecule has 1 unspecified atom stereocenters. The maximum absolute atomic E-state index is 11.9. The van der Waals surface area contributed by atoms with Crippen LogP contribution < -0.4 is 16.0 Å². The number of anilines is 2. The second kappa shape index (κ2) is 5.78. The first-order valence-corrected chi connectivity index (χ1v) is 6.42. The van der Waals surface area contributed by atoms with E-state index in [1.54, 1.807) is 0 Å². The summed E-state index contributed by atoms with van der Waals surface area (Å²) < 4.78 is 4.70. The number of methoxy groups -OCH3 is 1. The summed E-state index contributed by atoms with van der Waals surface area (Å²) in [4.78, 5) is 40.9. The number of imide groups is 1. The van der Waals surface area contributed by atoms with Gasteiger partial charge in [0.15, 0.2) is 0 Å². The van der Waals surface area contributed by atoms with Gasteiger partial charge in [0.2, 0.25) is 11.8 Å². The fourth-order valence-corrected chi connectivity index (χ4v) is 2.26. The molecule has 0 radical (unpaired) electrons. The second-order valence-electron chi connectivity index (χ2n) is 4.60. The number of ether oxygens (including phenoxy) is 1. The lowest BCUT2D eigenvalue weighted by Crippen LogP contribution is -2.58. The third-order valence-electron chi connectivity index (χ3n) is 3.21. The van der Waals surface area contributed by atoms with Gasteiger partial charge in [-0.05, 0) is 12.5 Å². The first-order valence-electron chi connectivity index (χ1n) is 6.42. The minimum absolute atomic E-state index is 0.0643. The van der Waals surface area contributed by atoms with E-state index in [2.05, 4.69) is 10.3 Å². The topological polar surface area (TPSA) is 115 Å². The average molecular weight is 292 g/mol. The predicted octanol–water partition coefficient (Wildman–Crippen LogP) is -0.308. The van der Waals surface area contributed by atoms with Crippen LogP contribution in [0.3, 0.4) is 0 Å². The number of rotatable bonds is 3. The maximum atomic E-state index is 11.9. The summed E-state index contributed by atoms with van der Waals surface area (Å²) in [5.74, 6) is -1.27. The van der Waals surface area contributed by atoms with Gasteiger partial charge in [0.25, 0.3) is 0 Å². The number of hydrogen-bond acceptors (Lipinski definition) is 7. The molecule has 1 aliphatic heterocycles. The van der Waals surface area contributed by atoms with Crippen molar-refractivity contribution in [1.82, 2.24) is 10.3 Å². The van der Waals surface area contributed by atoms with E-state index in [4.69, 9.17) is 10.5 Å². The zero-order valence-corrected chi connectivity index (χ0v) is 11.8. The lowest BCUT2D eigenvalue weighted by Gasteiger charge is -2.35. The molecule has 1 saturated heterocycles. The number of pyridine rings is 1. The van der Waals surface area contributed by atoms with Crippen LogP contribution in [0.1, 0.15) is 23.7 Å². The third-order valence-corrected chi connectivity index (χ3v) is 3.21. The molecule has 1 fully saturated rings. The summed E-state index contributed by atoms with van der Waals surface area (Å²) >= 11 is 0. The normalized spacial score (nSPS) is 18.4. The van der Waals surface area contributed by atoms with Crippen molar-refractivity contribution in [2.24, 2.45) is 0 Å². The van der Waals surface area contributed by atoms with E-state index < -0.39 is 23.8 Å². The summed E-state index contributed by atoms with van der Waals surface area (Å²) in [6, 6.07) is 0.833. The lowest BCUT2D eigenvalue weighted by molar-refractivity contribution is -0.133. The number of nitrogens with one attached hydrogen (secondary N) is 1. The number of piperazine rings is 1. The largest absolute Gasteiger partial charge is 0.465 e. The van der Waals surface area contributed by atoms with Crippen LogP contribution >= 0.6 is 0 Å². The molecule has 0 spiro atoms. The Morgan fingerprint density at radius 1 is 1.57 bits per heavy atom. The zero-order chi connectivity index (χ0) is 15.6. The quantitative estimate of drug-likeness (QED) is 0.580. The van der Waals surface area contributed by atoms with Gasteiger partial charge in [0.05, 0.1) is 25.5 Å². The maximum Gasteiger partial charge on any atom is 0.341 e. The summed E-state index contributed by atoms with van der Waals surface area (Å²) in [6.07, 6.45) is 1.83. The Labute approximate surface area is 121 Å². The third kappa shape index (κ3) is 2.78. The Morgan fingerprint density at radius 3 is 2.90 bits per heavy atom. The SMILES string of the molecule is CCC1C(=O)NC(=O)CN1c1ncc(N)cc1C(=O)OC. The van der Waals surface area contributed by atoms with Crippen LogP contribution in [0.4, 0.5) is 11.5 Å². The molecular weight excluding hydrogens is 276 g/mol. The van der Waals surface area contributed by atoms with Crippen LogP contribution in [-0.4, -0.2) is 42.5 Å². The van der Waals surface area contributed by atoms with Crippen molar-refractivity contribution >= 4 is 29.3 Å². The molecule has 2 heterocycles. The zero-order valence-electron chi connectivity index (χ0n) is 11.8. The smallest absolute Gasteiger partial charge is 0.341 e. The molecule has 21 heavy (non-hydrogen) atoms. The highest BCUT2D eigenvalue weighted by Crippen LogP contribution is 2.25. The van der Waals surface area contributed by atoms with Crippen molar-refractivity contribution in [3.05, 3.63) is 17.8 Å². The number of aromatic nitrogens is 1.